The minimum absolute atomic E-state index is 0.433. The van der Waals surface area contributed by atoms with Gasteiger partial charge in [-0.05, 0) is 59.9 Å². The van der Waals surface area contributed by atoms with E-state index in [1.807, 2.05) is 0 Å². The second kappa shape index (κ2) is 4.67. The van der Waals surface area contributed by atoms with Crippen LogP contribution in [0.5, 0.6) is 0 Å². The van der Waals surface area contributed by atoms with Crippen LogP contribution in [0.3, 0.4) is 0 Å². The summed E-state index contributed by atoms with van der Waals surface area (Å²) in [5.74, 6) is 1.58. The third-order valence-electron chi connectivity index (χ3n) is 3.51. The maximum absolute atomic E-state index is 6.22. The Morgan fingerprint density at radius 3 is 2.93 bits per heavy atom. The molecule has 2 heteroatoms. The normalized spacial score (nSPS) is 32.3. The van der Waals surface area contributed by atoms with Gasteiger partial charge < -0.3 is 0 Å². The monoisotopic (exact) mass is 228 g/mol. The molecule has 0 radical (unpaired) electrons. The quantitative estimate of drug-likeness (QED) is 0.676. The van der Waals surface area contributed by atoms with E-state index in [2.05, 4.69) is 23.8 Å². The average molecular weight is 229 g/mol. The van der Waals surface area contributed by atoms with Gasteiger partial charge >= 0.3 is 0 Å². The summed E-state index contributed by atoms with van der Waals surface area (Å²) in [6.07, 6.45) is 5.11. The second-order valence-electron chi connectivity index (χ2n) is 4.38. The van der Waals surface area contributed by atoms with Crippen LogP contribution in [0, 0.1) is 11.8 Å². The smallest absolute Gasteiger partial charge is 0.0364 e. The van der Waals surface area contributed by atoms with Crippen LogP contribution < -0.4 is 0 Å². The molecule has 1 saturated carbocycles. The number of rotatable bonds is 3. The topological polar surface area (TPSA) is 0 Å². The predicted molar refractivity (Wildman–Crippen MR) is 64.2 cm³/mol. The van der Waals surface area contributed by atoms with Gasteiger partial charge in [0.2, 0.25) is 0 Å². The molecule has 1 aliphatic carbocycles. The van der Waals surface area contributed by atoms with Crippen LogP contribution in [0.4, 0.5) is 0 Å². The zero-order chi connectivity index (χ0) is 9.97. The largest absolute Gasteiger partial charge is 0.152 e. The van der Waals surface area contributed by atoms with E-state index >= 15 is 0 Å². The van der Waals surface area contributed by atoms with Crippen LogP contribution in [-0.2, 0) is 6.42 Å². The third kappa shape index (κ3) is 2.32. The number of aryl methyl sites for hydroxylation is 1. The Morgan fingerprint density at radius 1 is 1.50 bits per heavy atom. The van der Waals surface area contributed by atoms with E-state index < -0.39 is 0 Å². The molecular formula is C12H17ClS. The van der Waals surface area contributed by atoms with Crippen molar-refractivity contribution < 1.29 is 0 Å². The minimum atomic E-state index is 0.433. The number of alkyl halides is 1. The summed E-state index contributed by atoms with van der Waals surface area (Å²) in [6.45, 7) is 2.31. The van der Waals surface area contributed by atoms with Gasteiger partial charge in [-0.3, -0.25) is 0 Å². The Kier molecular flexibility index (Phi) is 3.51. The first-order valence-corrected chi connectivity index (χ1v) is 6.80. The lowest BCUT2D eigenvalue weighted by Gasteiger charge is -2.16. The lowest BCUT2D eigenvalue weighted by Crippen LogP contribution is -2.11. The third-order valence-corrected chi connectivity index (χ3v) is 4.86. The van der Waals surface area contributed by atoms with Crippen LogP contribution >= 0.6 is 22.9 Å². The number of hydrogen-bond donors (Lipinski definition) is 0. The predicted octanol–water partition coefficient (Wildman–Crippen LogP) is 4.33. The molecule has 0 aromatic carbocycles. The van der Waals surface area contributed by atoms with Gasteiger partial charge in [0.15, 0.2) is 0 Å². The molecule has 14 heavy (non-hydrogen) atoms. The highest BCUT2D eigenvalue weighted by molar-refractivity contribution is 7.07. The van der Waals surface area contributed by atoms with E-state index in [1.165, 1.54) is 31.2 Å². The molecule has 78 valence electrons. The first kappa shape index (κ1) is 10.5. The van der Waals surface area contributed by atoms with Crippen LogP contribution in [-0.4, -0.2) is 5.38 Å². The first-order valence-electron chi connectivity index (χ1n) is 5.42. The molecule has 0 bridgehead atoms. The molecule has 2 rings (SSSR count). The van der Waals surface area contributed by atoms with Gasteiger partial charge in [0.05, 0.1) is 0 Å². The lowest BCUT2D eigenvalue weighted by atomic mass is 9.92. The van der Waals surface area contributed by atoms with Crippen LogP contribution in [0.25, 0.3) is 0 Å². The van der Waals surface area contributed by atoms with E-state index in [9.17, 15) is 0 Å². The molecular weight excluding hydrogens is 212 g/mol. The van der Waals surface area contributed by atoms with E-state index in [0.717, 1.165) is 11.8 Å². The molecule has 0 nitrogen and oxygen atoms in total. The minimum Gasteiger partial charge on any atom is -0.152 e. The fraction of sp³-hybridized carbons (Fsp3) is 0.667. The fourth-order valence-corrected chi connectivity index (χ4v) is 3.42. The van der Waals surface area contributed by atoms with Crippen LogP contribution in [0.2, 0.25) is 0 Å². The Morgan fingerprint density at radius 2 is 2.36 bits per heavy atom. The van der Waals surface area contributed by atoms with E-state index in [-0.39, 0.29) is 0 Å². The van der Waals surface area contributed by atoms with Crippen molar-refractivity contribution in [2.45, 2.75) is 38.0 Å². The van der Waals surface area contributed by atoms with Crippen molar-refractivity contribution in [3.63, 3.8) is 0 Å². The Labute approximate surface area is 95.3 Å². The summed E-state index contributed by atoms with van der Waals surface area (Å²) in [4.78, 5) is 0. The molecule has 0 spiro atoms. The molecule has 3 unspecified atom stereocenters. The van der Waals surface area contributed by atoms with Crippen molar-refractivity contribution in [2.24, 2.45) is 11.8 Å². The molecule has 1 heterocycles. The Balaban J connectivity index is 1.81. The number of thiophene rings is 1. The molecule has 0 aliphatic heterocycles. The Hall–Kier alpha value is -0.0100. The van der Waals surface area contributed by atoms with Crippen molar-refractivity contribution in [1.29, 1.82) is 0 Å². The van der Waals surface area contributed by atoms with Gasteiger partial charge in [-0.15, -0.1) is 11.6 Å². The van der Waals surface area contributed by atoms with E-state index in [4.69, 9.17) is 11.6 Å². The lowest BCUT2D eigenvalue weighted by molar-refractivity contribution is 0.394. The highest BCUT2D eigenvalue weighted by atomic mass is 35.5. The highest BCUT2D eigenvalue weighted by Gasteiger charge is 2.30. The highest BCUT2D eigenvalue weighted by Crippen LogP contribution is 2.37. The zero-order valence-electron chi connectivity index (χ0n) is 8.58. The van der Waals surface area contributed by atoms with Crippen molar-refractivity contribution in [2.75, 3.05) is 0 Å². The summed E-state index contributed by atoms with van der Waals surface area (Å²) in [6, 6.07) is 2.24. The van der Waals surface area contributed by atoms with Gasteiger partial charge in [0, 0.05) is 5.38 Å². The SMILES string of the molecule is CC1C(Cl)CCC1CCc1ccsc1. The van der Waals surface area contributed by atoms with Crippen molar-refractivity contribution >= 4 is 22.9 Å². The molecule has 0 saturated heterocycles. The van der Waals surface area contributed by atoms with Gasteiger partial charge in [-0.1, -0.05) is 6.92 Å². The summed E-state index contributed by atoms with van der Waals surface area (Å²) in [5, 5.41) is 4.86. The van der Waals surface area contributed by atoms with Crippen molar-refractivity contribution in [3.8, 4) is 0 Å². The van der Waals surface area contributed by atoms with Gasteiger partial charge in [0.1, 0.15) is 0 Å². The summed E-state index contributed by atoms with van der Waals surface area (Å²) < 4.78 is 0. The molecule has 1 aromatic heterocycles. The standard InChI is InChI=1S/C12H17ClS/c1-9-11(4-5-12(9)13)3-2-10-6-7-14-8-10/h6-9,11-12H,2-5H2,1H3. The molecule has 1 fully saturated rings. The molecule has 3 atom stereocenters. The molecule has 0 N–H and O–H groups in total. The molecule has 1 aromatic rings. The number of halogens is 1. The first-order chi connectivity index (χ1) is 6.77. The fourth-order valence-electron chi connectivity index (χ4n) is 2.39. The van der Waals surface area contributed by atoms with Gasteiger partial charge in [-0.25, -0.2) is 0 Å². The average Bonchev–Trinajstić information content (AvgIpc) is 2.77. The molecule has 1 aliphatic rings. The van der Waals surface area contributed by atoms with Crippen molar-refractivity contribution in [1.82, 2.24) is 0 Å². The van der Waals surface area contributed by atoms with Crippen LogP contribution in [0.1, 0.15) is 31.7 Å². The second-order valence-corrected chi connectivity index (χ2v) is 5.72. The van der Waals surface area contributed by atoms with Crippen LogP contribution in [0.15, 0.2) is 16.8 Å². The van der Waals surface area contributed by atoms with Gasteiger partial charge in [0.25, 0.3) is 0 Å². The van der Waals surface area contributed by atoms with E-state index in [0.29, 0.717) is 5.38 Å². The molecule has 0 amide bonds. The zero-order valence-corrected chi connectivity index (χ0v) is 10.2. The van der Waals surface area contributed by atoms with Gasteiger partial charge in [-0.2, -0.15) is 11.3 Å². The maximum Gasteiger partial charge on any atom is 0.0364 e. The summed E-state index contributed by atoms with van der Waals surface area (Å²) in [7, 11) is 0. The maximum atomic E-state index is 6.22. The van der Waals surface area contributed by atoms with E-state index in [1.54, 1.807) is 11.3 Å². The number of hydrogen-bond acceptors (Lipinski definition) is 1. The van der Waals surface area contributed by atoms with Crippen molar-refractivity contribution in [3.05, 3.63) is 22.4 Å². The summed E-state index contributed by atoms with van der Waals surface area (Å²) >= 11 is 8.02. The summed E-state index contributed by atoms with van der Waals surface area (Å²) in [5.41, 5.74) is 1.50. The Bertz CT molecular complexity index is 268.